The summed E-state index contributed by atoms with van der Waals surface area (Å²) in [4.78, 5) is 18.5. The van der Waals surface area contributed by atoms with E-state index in [9.17, 15) is 9.18 Å². The molecule has 1 heterocycles. The van der Waals surface area contributed by atoms with Gasteiger partial charge in [-0.2, -0.15) is 11.8 Å². The Balaban J connectivity index is 0.00000338. The number of amides is 1. The van der Waals surface area contributed by atoms with Crippen LogP contribution in [0.1, 0.15) is 18.9 Å². The second-order valence-electron chi connectivity index (χ2n) is 5.98. The summed E-state index contributed by atoms with van der Waals surface area (Å²) >= 11 is 2.02. The van der Waals surface area contributed by atoms with E-state index in [0.717, 1.165) is 31.2 Å². The Morgan fingerprint density at radius 1 is 1.38 bits per heavy atom. The lowest BCUT2D eigenvalue weighted by atomic mass is 10.1. The molecular formula is C18H28FIN4OS. The third kappa shape index (κ3) is 7.69. The lowest BCUT2D eigenvalue weighted by Crippen LogP contribution is -2.49. The Labute approximate surface area is 176 Å². The number of thioether (sulfide) groups is 1. The number of aliphatic imine (C=N–C) groups is 1. The number of nitrogens with one attached hydrogen (secondary N) is 2. The van der Waals surface area contributed by atoms with Crippen LogP contribution in [0.15, 0.2) is 29.3 Å². The fourth-order valence-electron chi connectivity index (χ4n) is 2.76. The first-order chi connectivity index (χ1) is 12.1. The summed E-state index contributed by atoms with van der Waals surface area (Å²) in [5.74, 6) is 1.57. The fourth-order valence-corrected chi connectivity index (χ4v) is 3.94. The summed E-state index contributed by atoms with van der Waals surface area (Å²) in [6.45, 7) is 5.33. The number of carbonyl (C=O) groups excluding carboxylic acids is 1. The van der Waals surface area contributed by atoms with Crippen LogP contribution in [0, 0.1) is 5.82 Å². The molecule has 1 amide bonds. The summed E-state index contributed by atoms with van der Waals surface area (Å²) in [7, 11) is 1.79. The van der Waals surface area contributed by atoms with Gasteiger partial charge in [-0.1, -0.05) is 19.1 Å². The molecule has 1 saturated heterocycles. The molecule has 0 saturated carbocycles. The van der Waals surface area contributed by atoms with Gasteiger partial charge in [-0.05, 0) is 24.1 Å². The zero-order chi connectivity index (χ0) is 18.1. The van der Waals surface area contributed by atoms with Gasteiger partial charge in [0.1, 0.15) is 5.82 Å². The standard InChI is InChI=1S/C18H27FN4OS.HI/c1-3-16-13-23(9-10-25-16)18(20-2)22-8-7-21-17(24)12-14-5-4-6-15(19)11-14;/h4-6,11,16H,3,7-10,12-13H2,1-2H3,(H,20,22)(H,21,24);1H. The first kappa shape index (κ1) is 23.0. The van der Waals surface area contributed by atoms with Crippen LogP contribution in [0.4, 0.5) is 4.39 Å². The highest BCUT2D eigenvalue weighted by Crippen LogP contribution is 2.20. The van der Waals surface area contributed by atoms with E-state index in [4.69, 9.17) is 0 Å². The number of benzene rings is 1. The van der Waals surface area contributed by atoms with Crippen molar-refractivity contribution in [3.8, 4) is 0 Å². The minimum atomic E-state index is -0.319. The van der Waals surface area contributed by atoms with Gasteiger partial charge >= 0.3 is 0 Å². The molecule has 1 atom stereocenters. The molecule has 26 heavy (non-hydrogen) atoms. The Bertz CT molecular complexity index is 602. The van der Waals surface area contributed by atoms with Gasteiger partial charge in [0.05, 0.1) is 6.42 Å². The number of rotatable bonds is 6. The predicted molar refractivity (Wildman–Crippen MR) is 118 cm³/mol. The summed E-state index contributed by atoms with van der Waals surface area (Å²) in [6, 6.07) is 6.13. The fraction of sp³-hybridized carbons (Fsp3) is 0.556. The normalized spacial score (nSPS) is 17.4. The number of carbonyl (C=O) groups is 1. The van der Waals surface area contributed by atoms with Crippen LogP contribution in [-0.2, 0) is 11.2 Å². The van der Waals surface area contributed by atoms with Crippen molar-refractivity contribution in [1.29, 1.82) is 0 Å². The topological polar surface area (TPSA) is 56.7 Å². The van der Waals surface area contributed by atoms with E-state index in [-0.39, 0.29) is 42.1 Å². The number of hydrogen-bond acceptors (Lipinski definition) is 3. The molecule has 1 unspecified atom stereocenters. The van der Waals surface area contributed by atoms with E-state index in [0.29, 0.717) is 23.9 Å². The molecular weight excluding hydrogens is 466 g/mol. The minimum absolute atomic E-state index is 0. The van der Waals surface area contributed by atoms with Gasteiger partial charge in [0, 0.05) is 44.2 Å². The van der Waals surface area contributed by atoms with Gasteiger partial charge in [0.2, 0.25) is 5.91 Å². The molecule has 0 bridgehead atoms. The average Bonchev–Trinajstić information content (AvgIpc) is 2.62. The zero-order valence-electron chi connectivity index (χ0n) is 15.3. The summed E-state index contributed by atoms with van der Waals surface area (Å²) in [6.07, 6.45) is 1.35. The highest BCUT2D eigenvalue weighted by molar-refractivity contribution is 14.0. The predicted octanol–water partition coefficient (Wildman–Crippen LogP) is 2.51. The highest BCUT2D eigenvalue weighted by atomic mass is 127. The van der Waals surface area contributed by atoms with Crippen LogP contribution in [0.3, 0.4) is 0 Å². The van der Waals surface area contributed by atoms with E-state index in [1.807, 2.05) is 11.8 Å². The van der Waals surface area contributed by atoms with Crippen LogP contribution >= 0.6 is 35.7 Å². The second kappa shape index (κ2) is 12.4. The molecule has 5 nitrogen and oxygen atoms in total. The highest BCUT2D eigenvalue weighted by Gasteiger charge is 2.21. The van der Waals surface area contributed by atoms with E-state index in [2.05, 4.69) is 27.4 Å². The number of halogens is 2. The third-order valence-corrected chi connectivity index (χ3v) is 5.46. The van der Waals surface area contributed by atoms with Crippen molar-refractivity contribution in [2.75, 3.05) is 39.0 Å². The van der Waals surface area contributed by atoms with Crippen LogP contribution in [0.5, 0.6) is 0 Å². The average molecular weight is 494 g/mol. The number of nitrogens with zero attached hydrogens (tertiary/aromatic N) is 2. The molecule has 1 aliphatic heterocycles. The molecule has 0 spiro atoms. The molecule has 1 aromatic rings. The zero-order valence-corrected chi connectivity index (χ0v) is 18.5. The lowest BCUT2D eigenvalue weighted by molar-refractivity contribution is -0.120. The molecule has 1 aromatic carbocycles. The smallest absolute Gasteiger partial charge is 0.224 e. The van der Waals surface area contributed by atoms with Gasteiger partial charge in [-0.15, -0.1) is 24.0 Å². The van der Waals surface area contributed by atoms with Crippen molar-refractivity contribution >= 4 is 47.6 Å². The van der Waals surface area contributed by atoms with Crippen LogP contribution in [0.25, 0.3) is 0 Å². The Morgan fingerprint density at radius 3 is 2.85 bits per heavy atom. The first-order valence-electron chi connectivity index (χ1n) is 8.70. The lowest BCUT2D eigenvalue weighted by Gasteiger charge is -2.34. The van der Waals surface area contributed by atoms with Crippen molar-refractivity contribution in [1.82, 2.24) is 15.5 Å². The van der Waals surface area contributed by atoms with Crippen molar-refractivity contribution in [2.24, 2.45) is 4.99 Å². The second-order valence-corrected chi connectivity index (χ2v) is 7.39. The molecule has 2 rings (SSSR count). The maximum Gasteiger partial charge on any atom is 0.224 e. The third-order valence-electron chi connectivity index (χ3n) is 4.09. The maximum absolute atomic E-state index is 13.1. The van der Waals surface area contributed by atoms with Gasteiger partial charge < -0.3 is 15.5 Å². The SMILES string of the molecule is CCC1CN(C(=NC)NCCNC(=O)Cc2cccc(F)c2)CCS1.I. The molecule has 0 aromatic heterocycles. The molecule has 8 heteroatoms. The first-order valence-corrected chi connectivity index (χ1v) is 9.75. The summed E-state index contributed by atoms with van der Waals surface area (Å²) in [5.41, 5.74) is 0.678. The number of guanidine groups is 1. The molecule has 146 valence electrons. The maximum atomic E-state index is 13.1. The van der Waals surface area contributed by atoms with Crippen molar-refractivity contribution < 1.29 is 9.18 Å². The van der Waals surface area contributed by atoms with Crippen molar-refractivity contribution in [3.05, 3.63) is 35.6 Å². The molecule has 1 fully saturated rings. The van der Waals surface area contributed by atoms with Gasteiger partial charge in [-0.3, -0.25) is 9.79 Å². The summed E-state index contributed by atoms with van der Waals surface area (Å²) < 4.78 is 13.1. The van der Waals surface area contributed by atoms with Crippen LogP contribution < -0.4 is 10.6 Å². The van der Waals surface area contributed by atoms with Gasteiger partial charge in [0.15, 0.2) is 5.96 Å². The molecule has 0 radical (unpaired) electrons. The van der Waals surface area contributed by atoms with Crippen LogP contribution in [0.2, 0.25) is 0 Å². The van der Waals surface area contributed by atoms with Crippen LogP contribution in [-0.4, -0.2) is 61.0 Å². The number of hydrogen-bond donors (Lipinski definition) is 2. The summed E-state index contributed by atoms with van der Waals surface area (Å²) in [5, 5.41) is 6.81. The quantitative estimate of drug-likeness (QED) is 0.276. The Kier molecular flexibility index (Phi) is 11.0. The Hall–Kier alpha value is -1.03. The Morgan fingerprint density at radius 2 is 2.15 bits per heavy atom. The van der Waals surface area contributed by atoms with E-state index in [1.54, 1.807) is 19.2 Å². The van der Waals surface area contributed by atoms with Gasteiger partial charge in [0.25, 0.3) is 0 Å². The largest absolute Gasteiger partial charge is 0.354 e. The minimum Gasteiger partial charge on any atom is -0.354 e. The van der Waals surface area contributed by atoms with Gasteiger partial charge in [-0.25, -0.2) is 4.39 Å². The molecule has 0 aliphatic carbocycles. The van der Waals surface area contributed by atoms with Crippen molar-refractivity contribution in [2.45, 2.75) is 25.0 Å². The van der Waals surface area contributed by atoms with E-state index in [1.165, 1.54) is 12.1 Å². The van der Waals surface area contributed by atoms with E-state index >= 15 is 0 Å². The monoisotopic (exact) mass is 494 g/mol. The van der Waals surface area contributed by atoms with Crippen molar-refractivity contribution in [3.63, 3.8) is 0 Å². The molecule has 2 N–H and O–H groups in total. The molecule has 1 aliphatic rings. The van der Waals surface area contributed by atoms with E-state index < -0.39 is 0 Å².